The van der Waals surface area contributed by atoms with Gasteiger partial charge < -0.3 is 20.3 Å². The fourth-order valence-electron chi connectivity index (χ4n) is 6.20. The maximum atomic E-state index is 12.5. The van der Waals surface area contributed by atoms with Gasteiger partial charge in [0.05, 0.1) is 13.2 Å². The van der Waals surface area contributed by atoms with E-state index >= 15 is 0 Å². The van der Waals surface area contributed by atoms with E-state index in [9.17, 15) is 19.8 Å². The van der Waals surface area contributed by atoms with Crippen LogP contribution in [0.3, 0.4) is 0 Å². The van der Waals surface area contributed by atoms with Gasteiger partial charge in [-0.15, -0.1) is 0 Å². The van der Waals surface area contributed by atoms with Crippen molar-refractivity contribution in [3.63, 3.8) is 0 Å². The molecule has 0 radical (unpaired) electrons. The van der Waals surface area contributed by atoms with E-state index in [-0.39, 0.29) is 18.5 Å². The van der Waals surface area contributed by atoms with Crippen LogP contribution in [0, 0.1) is 0 Å². The summed E-state index contributed by atoms with van der Waals surface area (Å²) in [5.74, 6) is -0.547. The predicted octanol–water partition coefficient (Wildman–Crippen LogP) is 10.9. The number of aliphatic hydroxyl groups excluding tert-OH is 2. The number of carbonyl (C=O) groups excluding carboxylic acids is 2. The minimum atomic E-state index is -1.32. The van der Waals surface area contributed by atoms with Gasteiger partial charge in [0.15, 0.2) is 0 Å². The van der Waals surface area contributed by atoms with Crippen LogP contribution < -0.4 is 5.32 Å². The van der Waals surface area contributed by atoms with Gasteiger partial charge in [0, 0.05) is 12.8 Å². The first-order chi connectivity index (χ1) is 22.5. The zero-order valence-corrected chi connectivity index (χ0v) is 30.9. The van der Waals surface area contributed by atoms with Gasteiger partial charge in [0.25, 0.3) is 0 Å². The quantitative estimate of drug-likeness (QED) is 0.0458. The van der Waals surface area contributed by atoms with E-state index < -0.39 is 18.8 Å². The van der Waals surface area contributed by atoms with Gasteiger partial charge in [-0.25, -0.2) is 0 Å². The summed E-state index contributed by atoms with van der Waals surface area (Å²) >= 11 is 0. The third kappa shape index (κ3) is 30.2. The van der Waals surface area contributed by atoms with Crippen molar-refractivity contribution in [1.29, 1.82) is 0 Å². The molecule has 6 heteroatoms. The zero-order chi connectivity index (χ0) is 33.8. The molecule has 0 aliphatic carbocycles. The topological polar surface area (TPSA) is 95.9 Å². The normalized spacial score (nSPS) is 11.7. The van der Waals surface area contributed by atoms with Gasteiger partial charge in [-0.2, -0.15) is 0 Å². The first kappa shape index (κ1) is 44.9. The van der Waals surface area contributed by atoms with Crippen LogP contribution in [0.2, 0.25) is 0 Å². The molecule has 46 heavy (non-hydrogen) atoms. The highest BCUT2D eigenvalue weighted by Crippen LogP contribution is 2.16. The smallest absolute Gasteiger partial charge is 0.305 e. The van der Waals surface area contributed by atoms with E-state index in [1.807, 2.05) is 0 Å². The molecule has 0 rings (SSSR count). The van der Waals surface area contributed by atoms with Gasteiger partial charge in [-0.3, -0.25) is 9.59 Å². The molecule has 0 saturated heterocycles. The number of ether oxygens (including phenoxy) is 1. The minimum absolute atomic E-state index is 0.206. The lowest BCUT2D eigenvalue weighted by atomic mass is 10.0. The summed E-state index contributed by atoms with van der Waals surface area (Å²) in [5.41, 5.74) is -1.32. The number of esters is 1. The van der Waals surface area contributed by atoms with Crippen molar-refractivity contribution in [3.8, 4) is 0 Å². The van der Waals surface area contributed by atoms with E-state index in [1.54, 1.807) is 0 Å². The molecule has 0 aliphatic rings. The van der Waals surface area contributed by atoms with E-state index in [1.165, 1.54) is 154 Å². The van der Waals surface area contributed by atoms with Gasteiger partial charge >= 0.3 is 5.97 Å². The van der Waals surface area contributed by atoms with Crippen molar-refractivity contribution in [2.45, 2.75) is 225 Å². The van der Waals surface area contributed by atoms with Crippen LogP contribution in [-0.4, -0.2) is 47.4 Å². The van der Waals surface area contributed by atoms with Crippen LogP contribution in [0.4, 0.5) is 0 Å². The molecular formula is C40H79NO5. The zero-order valence-electron chi connectivity index (χ0n) is 30.9. The molecule has 0 saturated carbocycles. The van der Waals surface area contributed by atoms with Crippen molar-refractivity contribution in [2.75, 3.05) is 19.8 Å². The summed E-state index contributed by atoms with van der Waals surface area (Å²) in [4.78, 5) is 24.8. The molecule has 0 fully saturated rings. The maximum Gasteiger partial charge on any atom is 0.305 e. The van der Waals surface area contributed by atoms with Crippen LogP contribution in [0.25, 0.3) is 0 Å². The van der Waals surface area contributed by atoms with Gasteiger partial charge in [0.2, 0.25) is 5.91 Å². The number of hydrogen-bond donors (Lipinski definition) is 3. The molecule has 0 bridgehead atoms. The summed E-state index contributed by atoms with van der Waals surface area (Å²) in [6.07, 6.45) is 38.9. The number of nitrogens with one attached hydrogen (secondary N) is 1. The number of unbranched alkanes of at least 4 members (excludes halogenated alkanes) is 28. The lowest BCUT2D eigenvalue weighted by Crippen LogP contribution is -2.57. The van der Waals surface area contributed by atoms with Gasteiger partial charge in [0.1, 0.15) is 12.1 Å². The van der Waals surface area contributed by atoms with Crippen LogP contribution in [0.5, 0.6) is 0 Å². The van der Waals surface area contributed by atoms with E-state index in [2.05, 4.69) is 19.2 Å². The Morgan fingerprint density at radius 3 is 1.04 bits per heavy atom. The molecule has 0 unspecified atom stereocenters. The fourth-order valence-corrected chi connectivity index (χ4v) is 6.20. The second-order valence-electron chi connectivity index (χ2n) is 14.2. The molecule has 0 aromatic rings. The molecule has 0 aromatic carbocycles. The van der Waals surface area contributed by atoms with Gasteiger partial charge in [-0.05, 0) is 12.8 Å². The van der Waals surface area contributed by atoms with E-state index in [0.717, 1.165) is 38.5 Å². The molecule has 274 valence electrons. The lowest BCUT2D eigenvalue weighted by Gasteiger charge is -2.30. The number of carbonyl (C=O) groups is 2. The molecular weight excluding hydrogens is 574 g/mol. The van der Waals surface area contributed by atoms with Crippen LogP contribution in [0.15, 0.2) is 0 Å². The standard InChI is InChI=1S/C40H79NO5/c1-3-5-7-9-11-13-15-17-19-21-23-25-27-29-31-33-38(44)41-40(35-42,36-43)37-46-39(45)34-32-30-28-26-24-22-20-18-16-14-12-10-8-6-4-2/h42-43H,3-37H2,1-2H3,(H,41,44). The highest BCUT2D eigenvalue weighted by Gasteiger charge is 2.32. The summed E-state index contributed by atoms with van der Waals surface area (Å²) in [6, 6.07) is 0. The molecule has 0 spiro atoms. The molecule has 0 atom stereocenters. The van der Waals surface area contributed by atoms with Gasteiger partial charge in [-0.1, -0.05) is 194 Å². The Kier molecular flexibility index (Phi) is 34.3. The average Bonchev–Trinajstić information content (AvgIpc) is 3.06. The minimum Gasteiger partial charge on any atom is -0.463 e. The highest BCUT2D eigenvalue weighted by molar-refractivity contribution is 5.77. The Bertz CT molecular complexity index is 652. The monoisotopic (exact) mass is 654 g/mol. The Morgan fingerprint density at radius 1 is 0.457 bits per heavy atom. The Hall–Kier alpha value is -1.14. The molecule has 3 N–H and O–H groups in total. The van der Waals surface area contributed by atoms with Crippen molar-refractivity contribution in [2.24, 2.45) is 0 Å². The van der Waals surface area contributed by atoms with Crippen molar-refractivity contribution in [3.05, 3.63) is 0 Å². The summed E-state index contributed by atoms with van der Waals surface area (Å²) in [7, 11) is 0. The average molecular weight is 654 g/mol. The van der Waals surface area contributed by atoms with Crippen LogP contribution in [0.1, 0.15) is 219 Å². The second kappa shape index (κ2) is 35.2. The molecule has 0 aromatic heterocycles. The predicted molar refractivity (Wildman–Crippen MR) is 195 cm³/mol. The first-order valence-corrected chi connectivity index (χ1v) is 20.2. The first-order valence-electron chi connectivity index (χ1n) is 20.2. The number of aliphatic hydroxyl groups is 2. The van der Waals surface area contributed by atoms with Crippen molar-refractivity contribution in [1.82, 2.24) is 5.32 Å². The van der Waals surface area contributed by atoms with E-state index in [0.29, 0.717) is 12.8 Å². The highest BCUT2D eigenvalue weighted by atomic mass is 16.5. The Labute approximate surface area is 286 Å². The number of hydrogen-bond acceptors (Lipinski definition) is 5. The lowest BCUT2D eigenvalue weighted by molar-refractivity contribution is -0.149. The Balaban J connectivity index is 3.74. The SMILES string of the molecule is CCCCCCCCCCCCCCCCCC(=O)NC(CO)(CO)COC(=O)CCCCCCCCCCCCCCCCC. The van der Waals surface area contributed by atoms with Crippen LogP contribution in [-0.2, 0) is 14.3 Å². The maximum absolute atomic E-state index is 12.5. The molecule has 0 heterocycles. The molecule has 1 amide bonds. The molecule has 0 aliphatic heterocycles. The number of rotatable bonds is 37. The van der Waals surface area contributed by atoms with Crippen LogP contribution >= 0.6 is 0 Å². The Morgan fingerprint density at radius 2 is 0.739 bits per heavy atom. The third-order valence-corrected chi connectivity index (χ3v) is 9.51. The fraction of sp³-hybridized carbons (Fsp3) is 0.950. The second-order valence-corrected chi connectivity index (χ2v) is 14.2. The van der Waals surface area contributed by atoms with Crippen molar-refractivity contribution >= 4 is 11.9 Å². The summed E-state index contributed by atoms with van der Waals surface area (Å²) in [6.45, 7) is 3.38. The third-order valence-electron chi connectivity index (χ3n) is 9.51. The largest absolute Gasteiger partial charge is 0.463 e. The summed E-state index contributed by atoms with van der Waals surface area (Å²) < 4.78 is 5.37. The molecule has 6 nitrogen and oxygen atoms in total. The van der Waals surface area contributed by atoms with E-state index in [4.69, 9.17) is 4.74 Å². The van der Waals surface area contributed by atoms with Crippen molar-refractivity contribution < 1.29 is 24.5 Å². The number of amides is 1. The summed E-state index contributed by atoms with van der Waals surface area (Å²) in [5, 5.41) is 22.5.